The maximum Gasteiger partial charge on any atom is 0.228 e. The Morgan fingerprint density at radius 1 is 1.03 bits per heavy atom. The van der Waals surface area contributed by atoms with Crippen LogP contribution in [-0.2, 0) is 13.5 Å². The van der Waals surface area contributed by atoms with Crippen molar-refractivity contribution in [2.75, 3.05) is 12.4 Å². The van der Waals surface area contributed by atoms with Gasteiger partial charge in [0.05, 0.1) is 19.0 Å². The first kappa shape index (κ1) is 18.7. The molecule has 154 valence electrons. The summed E-state index contributed by atoms with van der Waals surface area (Å²) in [7, 11) is 3.53. The quantitative estimate of drug-likeness (QED) is 0.457. The van der Waals surface area contributed by atoms with Crippen molar-refractivity contribution in [2.45, 2.75) is 6.42 Å². The molecule has 5 rings (SSSR count). The molecule has 0 amide bonds. The molecular formula is C22H20N8O. The molecule has 4 heterocycles. The van der Waals surface area contributed by atoms with Gasteiger partial charge in [-0.2, -0.15) is 5.10 Å². The summed E-state index contributed by atoms with van der Waals surface area (Å²) in [6.07, 6.45) is 6.03. The SMILES string of the molecule is COc1ccccc1Cc1nnc2cc(-c3ccnc(Nc4ccnn4C)n3)ccn12. The number of methoxy groups -OCH3 is 1. The molecule has 9 heteroatoms. The number of ether oxygens (including phenoxy) is 1. The Morgan fingerprint density at radius 2 is 1.94 bits per heavy atom. The van der Waals surface area contributed by atoms with E-state index in [1.807, 2.05) is 66.2 Å². The second-order valence-corrected chi connectivity index (χ2v) is 6.98. The van der Waals surface area contributed by atoms with E-state index in [0.717, 1.165) is 39.9 Å². The molecule has 1 aromatic carbocycles. The predicted molar refractivity (Wildman–Crippen MR) is 116 cm³/mol. The Bertz CT molecular complexity index is 1360. The molecule has 0 saturated carbocycles. The van der Waals surface area contributed by atoms with Crippen LogP contribution in [0.3, 0.4) is 0 Å². The van der Waals surface area contributed by atoms with Crippen molar-refractivity contribution in [1.82, 2.24) is 34.3 Å². The number of hydrogen-bond donors (Lipinski definition) is 1. The first-order valence-corrected chi connectivity index (χ1v) is 9.75. The Balaban J connectivity index is 1.43. The zero-order valence-electron chi connectivity index (χ0n) is 17.1. The van der Waals surface area contributed by atoms with Gasteiger partial charge in [-0.25, -0.2) is 9.97 Å². The second-order valence-electron chi connectivity index (χ2n) is 6.98. The summed E-state index contributed by atoms with van der Waals surface area (Å²) in [5.74, 6) is 2.99. The minimum absolute atomic E-state index is 0.499. The van der Waals surface area contributed by atoms with Crippen LogP contribution in [0.1, 0.15) is 11.4 Å². The number of nitrogens with zero attached hydrogens (tertiary/aromatic N) is 7. The number of aryl methyl sites for hydroxylation is 1. The lowest BCUT2D eigenvalue weighted by molar-refractivity contribution is 0.410. The largest absolute Gasteiger partial charge is 0.496 e. The first-order chi connectivity index (χ1) is 15.2. The summed E-state index contributed by atoms with van der Waals surface area (Å²) >= 11 is 0. The highest BCUT2D eigenvalue weighted by Gasteiger charge is 2.12. The minimum atomic E-state index is 0.499. The molecule has 5 aromatic rings. The van der Waals surface area contributed by atoms with Gasteiger partial charge in [0.25, 0.3) is 0 Å². The molecule has 0 aliphatic carbocycles. The highest BCUT2D eigenvalue weighted by Crippen LogP contribution is 2.23. The fraction of sp³-hybridized carbons (Fsp3) is 0.136. The maximum atomic E-state index is 5.46. The molecule has 31 heavy (non-hydrogen) atoms. The van der Waals surface area contributed by atoms with Crippen LogP contribution in [0.2, 0.25) is 0 Å². The van der Waals surface area contributed by atoms with Gasteiger partial charge in [-0.1, -0.05) is 18.2 Å². The van der Waals surface area contributed by atoms with Gasteiger partial charge >= 0.3 is 0 Å². The summed E-state index contributed by atoms with van der Waals surface area (Å²) in [4.78, 5) is 8.93. The number of fused-ring (bicyclic) bond motifs is 1. The standard InChI is InChI=1S/C22H20N8O/c1-29-19(8-11-24-29)26-22-23-10-7-17(25-22)15-9-12-30-20(13-15)27-28-21(30)14-16-5-3-4-6-18(16)31-2/h3-13H,14H2,1-2H3,(H,23,25,26). The van der Waals surface area contributed by atoms with Gasteiger partial charge in [0.15, 0.2) is 5.65 Å². The van der Waals surface area contributed by atoms with E-state index in [1.165, 1.54) is 0 Å². The molecule has 1 N–H and O–H groups in total. The average molecular weight is 412 g/mol. The first-order valence-electron chi connectivity index (χ1n) is 9.75. The van der Waals surface area contributed by atoms with Gasteiger partial charge in [-0.3, -0.25) is 9.08 Å². The molecule has 0 spiro atoms. The van der Waals surface area contributed by atoms with E-state index in [9.17, 15) is 0 Å². The molecule has 0 bridgehead atoms. The van der Waals surface area contributed by atoms with Crippen molar-refractivity contribution in [3.05, 3.63) is 78.5 Å². The highest BCUT2D eigenvalue weighted by atomic mass is 16.5. The van der Waals surface area contributed by atoms with Gasteiger partial charge in [0.1, 0.15) is 17.4 Å². The third-order valence-electron chi connectivity index (χ3n) is 5.03. The molecule has 0 unspecified atom stereocenters. The molecule has 0 atom stereocenters. The van der Waals surface area contributed by atoms with Crippen molar-refractivity contribution >= 4 is 17.4 Å². The van der Waals surface area contributed by atoms with E-state index in [2.05, 4.69) is 30.6 Å². The average Bonchev–Trinajstić information content (AvgIpc) is 3.40. The lowest BCUT2D eigenvalue weighted by Crippen LogP contribution is -2.03. The number of anilines is 2. The Labute approximate surface area is 178 Å². The summed E-state index contributed by atoms with van der Waals surface area (Å²) in [6, 6.07) is 15.6. The van der Waals surface area contributed by atoms with Crippen LogP contribution in [0, 0.1) is 0 Å². The predicted octanol–water partition coefficient (Wildman–Crippen LogP) is 3.26. The van der Waals surface area contributed by atoms with E-state index in [4.69, 9.17) is 4.74 Å². The minimum Gasteiger partial charge on any atom is -0.496 e. The number of hydrogen-bond acceptors (Lipinski definition) is 7. The lowest BCUT2D eigenvalue weighted by Gasteiger charge is -2.08. The molecule has 9 nitrogen and oxygen atoms in total. The van der Waals surface area contributed by atoms with Gasteiger partial charge in [0.2, 0.25) is 5.95 Å². The molecule has 0 aliphatic heterocycles. The molecule has 0 saturated heterocycles. The van der Waals surface area contributed by atoms with Gasteiger partial charge < -0.3 is 10.1 Å². The number of nitrogens with one attached hydrogen (secondary N) is 1. The Kier molecular flexibility index (Phi) is 4.75. The van der Waals surface area contributed by atoms with E-state index >= 15 is 0 Å². The number of aromatic nitrogens is 7. The van der Waals surface area contributed by atoms with Gasteiger partial charge in [0, 0.05) is 43.1 Å². The molecule has 0 aliphatic rings. The number of rotatable bonds is 6. The summed E-state index contributed by atoms with van der Waals surface area (Å²) < 4.78 is 9.16. The monoisotopic (exact) mass is 412 g/mol. The molecule has 0 fully saturated rings. The van der Waals surface area contributed by atoms with Crippen LogP contribution >= 0.6 is 0 Å². The fourth-order valence-corrected chi connectivity index (χ4v) is 3.43. The molecule has 0 radical (unpaired) electrons. The van der Waals surface area contributed by atoms with Crippen LogP contribution in [0.5, 0.6) is 5.75 Å². The van der Waals surface area contributed by atoms with Crippen LogP contribution in [0.4, 0.5) is 11.8 Å². The lowest BCUT2D eigenvalue weighted by atomic mass is 10.1. The fourth-order valence-electron chi connectivity index (χ4n) is 3.43. The van der Waals surface area contributed by atoms with Crippen LogP contribution < -0.4 is 10.1 Å². The number of pyridine rings is 1. The summed E-state index contributed by atoms with van der Waals surface area (Å²) in [5, 5.41) is 16.1. The van der Waals surface area contributed by atoms with Crippen LogP contribution in [-0.4, -0.2) is 41.5 Å². The normalized spacial score (nSPS) is 11.0. The maximum absolute atomic E-state index is 5.46. The summed E-state index contributed by atoms with van der Waals surface area (Å²) in [6.45, 7) is 0. The van der Waals surface area contributed by atoms with Crippen molar-refractivity contribution in [3.63, 3.8) is 0 Å². The summed E-state index contributed by atoms with van der Waals surface area (Å²) in [5.41, 5.74) is 3.53. The topological polar surface area (TPSA) is 95.0 Å². The third kappa shape index (κ3) is 3.68. The van der Waals surface area contributed by atoms with Crippen molar-refractivity contribution in [2.24, 2.45) is 7.05 Å². The van der Waals surface area contributed by atoms with E-state index in [1.54, 1.807) is 24.2 Å². The van der Waals surface area contributed by atoms with Crippen molar-refractivity contribution in [3.8, 4) is 17.0 Å². The zero-order chi connectivity index (χ0) is 21.2. The highest BCUT2D eigenvalue weighted by molar-refractivity contribution is 5.65. The number of para-hydroxylation sites is 1. The van der Waals surface area contributed by atoms with Crippen LogP contribution in [0.25, 0.3) is 16.9 Å². The van der Waals surface area contributed by atoms with Crippen molar-refractivity contribution < 1.29 is 4.74 Å². The Hall–Kier alpha value is -4.27. The van der Waals surface area contributed by atoms with E-state index < -0.39 is 0 Å². The zero-order valence-corrected chi connectivity index (χ0v) is 17.1. The van der Waals surface area contributed by atoms with Crippen LogP contribution in [0.15, 0.2) is 67.1 Å². The van der Waals surface area contributed by atoms with Gasteiger partial charge in [-0.05, 0) is 24.3 Å². The van der Waals surface area contributed by atoms with Crippen molar-refractivity contribution in [1.29, 1.82) is 0 Å². The number of benzene rings is 1. The molecule has 4 aromatic heterocycles. The van der Waals surface area contributed by atoms with E-state index in [0.29, 0.717) is 12.4 Å². The van der Waals surface area contributed by atoms with E-state index in [-0.39, 0.29) is 0 Å². The smallest absolute Gasteiger partial charge is 0.228 e. The van der Waals surface area contributed by atoms with Gasteiger partial charge in [-0.15, -0.1) is 10.2 Å². The Morgan fingerprint density at radius 3 is 2.77 bits per heavy atom. The third-order valence-corrected chi connectivity index (χ3v) is 5.03. The molecular weight excluding hydrogens is 392 g/mol. The second kappa shape index (κ2) is 7.86.